The second kappa shape index (κ2) is 7.49. The molecule has 0 spiro atoms. The van der Waals surface area contributed by atoms with E-state index in [1.807, 2.05) is 6.92 Å². The fourth-order valence-electron chi connectivity index (χ4n) is 0.878. The first-order chi connectivity index (χ1) is 7.02. The topological polar surface area (TPSA) is 54.0 Å². The summed E-state index contributed by atoms with van der Waals surface area (Å²) in [4.78, 5) is 1.79. The summed E-state index contributed by atoms with van der Waals surface area (Å²) in [5, 5.41) is 12.1. The van der Waals surface area contributed by atoms with Gasteiger partial charge < -0.3 is 19.1 Å². The van der Waals surface area contributed by atoms with Crippen molar-refractivity contribution in [2.75, 3.05) is 33.9 Å². The standard InChI is InChI=1S/C7H17N2O3PS2/c1-4-9(5-6-10)7(14)8-13(15,11-2)12-3/h10H,4-6H2,1-3H3,(H,8,14,15). The minimum absolute atomic E-state index is 0.0402. The molecule has 0 saturated heterocycles. The molecule has 90 valence electrons. The van der Waals surface area contributed by atoms with E-state index in [1.54, 1.807) is 4.90 Å². The van der Waals surface area contributed by atoms with Crippen LogP contribution in [0, 0.1) is 0 Å². The van der Waals surface area contributed by atoms with Gasteiger partial charge in [-0.3, -0.25) is 5.09 Å². The van der Waals surface area contributed by atoms with Gasteiger partial charge in [-0.05, 0) is 30.9 Å². The number of hydrogen-bond donors (Lipinski definition) is 2. The molecule has 5 nitrogen and oxygen atoms in total. The normalized spacial score (nSPS) is 11.2. The van der Waals surface area contributed by atoms with E-state index in [1.165, 1.54) is 14.2 Å². The smallest absolute Gasteiger partial charge is 0.288 e. The first kappa shape index (κ1) is 15.2. The molecular weight excluding hydrogens is 255 g/mol. The van der Waals surface area contributed by atoms with Gasteiger partial charge in [0, 0.05) is 27.3 Å². The average molecular weight is 272 g/mol. The fourth-order valence-corrected chi connectivity index (χ4v) is 2.60. The molecule has 0 aliphatic heterocycles. The Morgan fingerprint density at radius 3 is 2.33 bits per heavy atom. The molecule has 0 aromatic heterocycles. The van der Waals surface area contributed by atoms with E-state index in [9.17, 15) is 0 Å². The molecule has 0 saturated carbocycles. The van der Waals surface area contributed by atoms with Crippen LogP contribution in [0.3, 0.4) is 0 Å². The number of likely N-dealkylation sites (N-methyl/N-ethyl adjacent to an activating group) is 1. The van der Waals surface area contributed by atoms with Gasteiger partial charge in [0.25, 0.3) is 6.64 Å². The van der Waals surface area contributed by atoms with Gasteiger partial charge in [0.15, 0.2) is 5.11 Å². The summed E-state index contributed by atoms with van der Waals surface area (Å²) in [6.07, 6.45) is 0. The van der Waals surface area contributed by atoms with Crippen molar-refractivity contribution in [3.05, 3.63) is 0 Å². The highest BCUT2D eigenvalue weighted by Crippen LogP contribution is 2.41. The predicted octanol–water partition coefficient (Wildman–Crippen LogP) is 0.692. The van der Waals surface area contributed by atoms with Crippen LogP contribution < -0.4 is 5.09 Å². The number of hydrogen-bond acceptors (Lipinski definition) is 5. The summed E-state index contributed by atoms with van der Waals surface area (Å²) >= 11 is 10.2. The minimum Gasteiger partial charge on any atom is -0.395 e. The van der Waals surface area contributed by atoms with E-state index in [2.05, 4.69) is 5.09 Å². The highest BCUT2D eigenvalue weighted by molar-refractivity contribution is 8.09. The number of nitrogens with one attached hydrogen (secondary N) is 1. The SMILES string of the molecule is CCN(CCO)C(=S)NP(=S)(OC)OC. The summed E-state index contributed by atoms with van der Waals surface area (Å²) in [5.41, 5.74) is 0. The minimum atomic E-state index is -2.51. The number of rotatable bonds is 6. The van der Waals surface area contributed by atoms with Crippen molar-refractivity contribution in [2.45, 2.75) is 6.92 Å². The van der Waals surface area contributed by atoms with Crippen molar-refractivity contribution < 1.29 is 14.2 Å². The molecule has 0 aliphatic rings. The van der Waals surface area contributed by atoms with E-state index in [0.29, 0.717) is 18.2 Å². The van der Waals surface area contributed by atoms with Gasteiger partial charge in [0.2, 0.25) is 0 Å². The number of aliphatic hydroxyl groups is 1. The maximum atomic E-state index is 8.82. The zero-order valence-electron chi connectivity index (χ0n) is 9.10. The Bertz CT molecular complexity index is 244. The molecule has 2 N–H and O–H groups in total. The number of thiocarbonyl (C=S) groups is 1. The maximum absolute atomic E-state index is 8.82. The van der Waals surface area contributed by atoms with Gasteiger partial charge in [-0.1, -0.05) is 0 Å². The lowest BCUT2D eigenvalue weighted by atomic mass is 10.5. The van der Waals surface area contributed by atoms with Gasteiger partial charge in [0.05, 0.1) is 6.61 Å². The molecular formula is C7H17N2O3PS2. The van der Waals surface area contributed by atoms with Crippen LogP contribution in [-0.2, 0) is 20.9 Å². The lowest BCUT2D eigenvalue weighted by Gasteiger charge is -2.27. The van der Waals surface area contributed by atoms with Crippen molar-refractivity contribution in [3.8, 4) is 0 Å². The van der Waals surface area contributed by atoms with Crippen LogP contribution in [0.15, 0.2) is 0 Å². The average Bonchev–Trinajstić information content (AvgIpc) is 2.25. The zero-order valence-corrected chi connectivity index (χ0v) is 11.6. The molecule has 0 rings (SSSR count). The second-order valence-electron chi connectivity index (χ2n) is 2.58. The molecule has 15 heavy (non-hydrogen) atoms. The Morgan fingerprint density at radius 2 is 2.00 bits per heavy atom. The highest BCUT2D eigenvalue weighted by atomic mass is 32.5. The van der Waals surface area contributed by atoms with Crippen molar-refractivity contribution >= 4 is 35.8 Å². The fraction of sp³-hybridized carbons (Fsp3) is 0.857. The van der Waals surface area contributed by atoms with Crippen LogP contribution in [0.5, 0.6) is 0 Å². The Kier molecular flexibility index (Phi) is 7.60. The van der Waals surface area contributed by atoms with Crippen LogP contribution >= 0.6 is 18.9 Å². The van der Waals surface area contributed by atoms with Crippen LogP contribution in [0.25, 0.3) is 0 Å². The lowest BCUT2D eigenvalue weighted by Crippen LogP contribution is -2.40. The van der Waals surface area contributed by atoms with E-state index in [4.69, 9.17) is 38.2 Å². The van der Waals surface area contributed by atoms with Gasteiger partial charge in [0.1, 0.15) is 0 Å². The van der Waals surface area contributed by atoms with Crippen molar-refractivity contribution in [1.29, 1.82) is 0 Å². The summed E-state index contributed by atoms with van der Waals surface area (Å²) < 4.78 is 10.1. The van der Waals surface area contributed by atoms with Gasteiger partial charge in [-0.15, -0.1) is 0 Å². The highest BCUT2D eigenvalue weighted by Gasteiger charge is 2.19. The quantitative estimate of drug-likeness (QED) is 0.545. The van der Waals surface area contributed by atoms with Crippen LogP contribution in [0.2, 0.25) is 0 Å². The van der Waals surface area contributed by atoms with E-state index >= 15 is 0 Å². The predicted molar refractivity (Wildman–Crippen MR) is 68.4 cm³/mol. The Labute approximate surface area is 101 Å². The van der Waals surface area contributed by atoms with Crippen LogP contribution in [0.1, 0.15) is 6.92 Å². The maximum Gasteiger partial charge on any atom is 0.288 e. The summed E-state index contributed by atoms with van der Waals surface area (Å²) in [7, 11) is 2.95. The second-order valence-corrected chi connectivity index (χ2v) is 6.36. The summed E-state index contributed by atoms with van der Waals surface area (Å²) in [6.45, 7) is 0.621. The zero-order chi connectivity index (χ0) is 11.9. The molecule has 0 aromatic carbocycles. The van der Waals surface area contributed by atoms with Crippen molar-refractivity contribution in [3.63, 3.8) is 0 Å². The number of nitrogens with zero attached hydrogens (tertiary/aromatic N) is 1. The van der Waals surface area contributed by atoms with Crippen LogP contribution in [0.4, 0.5) is 0 Å². The summed E-state index contributed by atoms with van der Waals surface area (Å²) in [5.74, 6) is 0. The molecule has 0 amide bonds. The van der Waals surface area contributed by atoms with Gasteiger partial charge in [-0.2, -0.15) is 0 Å². The third kappa shape index (κ3) is 5.19. The third-order valence-corrected chi connectivity index (χ3v) is 4.88. The molecule has 0 unspecified atom stereocenters. The molecule has 0 aliphatic carbocycles. The Hall–Kier alpha value is 0.220. The van der Waals surface area contributed by atoms with Gasteiger partial charge in [-0.25, -0.2) is 0 Å². The molecule has 0 bridgehead atoms. The van der Waals surface area contributed by atoms with E-state index in [-0.39, 0.29) is 6.61 Å². The van der Waals surface area contributed by atoms with Gasteiger partial charge >= 0.3 is 0 Å². The molecule has 0 fully saturated rings. The van der Waals surface area contributed by atoms with E-state index < -0.39 is 6.64 Å². The molecule has 8 heteroatoms. The molecule has 0 radical (unpaired) electrons. The third-order valence-electron chi connectivity index (χ3n) is 1.75. The summed E-state index contributed by atoms with van der Waals surface area (Å²) in [6, 6.07) is 0. The molecule has 0 heterocycles. The molecule has 0 aromatic rings. The first-order valence-electron chi connectivity index (χ1n) is 4.42. The van der Waals surface area contributed by atoms with E-state index in [0.717, 1.165) is 0 Å². The first-order valence-corrected chi connectivity index (χ1v) is 7.47. The number of aliphatic hydroxyl groups excluding tert-OH is 1. The lowest BCUT2D eigenvalue weighted by molar-refractivity contribution is 0.252. The monoisotopic (exact) mass is 272 g/mol. The Balaban J connectivity index is 4.38. The molecule has 0 atom stereocenters. The van der Waals surface area contributed by atoms with Crippen molar-refractivity contribution in [1.82, 2.24) is 9.99 Å². The Morgan fingerprint density at radius 1 is 1.47 bits per heavy atom. The van der Waals surface area contributed by atoms with Crippen molar-refractivity contribution in [2.24, 2.45) is 0 Å². The largest absolute Gasteiger partial charge is 0.395 e. The van der Waals surface area contributed by atoms with Crippen LogP contribution in [-0.4, -0.2) is 49.0 Å².